The summed E-state index contributed by atoms with van der Waals surface area (Å²) in [7, 11) is 0. The lowest BCUT2D eigenvalue weighted by molar-refractivity contribution is -0.135. The fourth-order valence-electron chi connectivity index (χ4n) is 5.36. The van der Waals surface area contributed by atoms with Crippen molar-refractivity contribution in [2.75, 3.05) is 45.9 Å². The lowest BCUT2D eigenvalue weighted by atomic mass is 9.90. The zero-order valence-electron chi connectivity index (χ0n) is 20.1. The van der Waals surface area contributed by atoms with E-state index < -0.39 is 0 Å². The number of thiazole rings is 1. The van der Waals surface area contributed by atoms with Crippen LogP contribution < -0.4 is 0 Å². The smallest absolute Gasteiger partial charge is 0.409 e. The summed E-state index contributed by atoms with van der Waals surface area (Å²) in [6.07, 6.45) is 2.70. The van der Waals surface area contributed by atoms with Gasteiger partial charge in [0.15, 0.2) is 0 Å². The maximum Gasteiger partial charge on any atom is 0.409 e. The standard InChI is InChI=1S/C26H32N4O4S/c1-2-34-25(33)30-14-12-29(13-15-30)24(32)21-17-26(21)8-10-28(11-9-26)22(31)16-20-18-35-23(27-20)19-6-4-3-5-7-19/h3-7,18,21H,2,8-17H2,1H3/t21-/m0/s1. The highest BCUT2D eigenvalue weighted by Crippen LogP contribution is 2.60. The topological polar surface area (TPSA) is 83.0 Å². The minimum absolute atomic E-state index is 0.0489. The summed E-state index contributed by atoms with van der Waals surface area (Å²) in [6, 6.07) is 10.0. The van der Waals surface area contributed by atoms with E-state index in [1.807, 2.05) is 45.5 Å². The van der Waals surface area contributed by atoms with E-state index in [9.17, 15) is 14.4 Å². The van der Waals surface area contributed by atoms with Crippen molar-refractivity contribution in [2.24, 2.45) is 11.3 Å². The molecule has 1 atom stereocenters. The lowest BCUT2D eigenvalue weighted by Crippen LogP contribution is -2.51. The Balaban J connectivity index is 1.08. The van der Waals surface area contributed by atoms with Crippen molar-refractivity contribution in [1.29, 1.82) is 0 Å². The number of piperidine rings is 1. The molecule has 3 amide bonds. The van der Waals surface area contributed by atoms with Crippen LogP contribution in [0.2, 0.25) is 0 Å². The van der Waals surface area contributed by atoms with E-state index >= 15 is 0 Å². The largest absolute Gasteiger partial charge is 0.450 e. The Bertz CT molecular complexity index is 1070. The zero-order chi connectivity index (χ0) is 24.4. The van der Waals surface area contributed by atoms with Crippen LogP contribution in [0.4, 0.5) is 4.79 Å². The van der Waals surface area contributed by atoms with Crippen molar-refractivity contribution in [1.82, 2.24) is 19.7 Å². The van der Waals surface area contributed by atoms with Crippen molar-refractivity contribution in [3.8, 4) is 10.6 Å². The van der Waals surface area contributed by atoms with Gasteiger partial charge in [-0.2, -0.15) is 0 Å². The Morgan fingerprint density at radius 1 is 1.00 bits per heavy atom. The number of carbonyl (C=O) groups excluding carboxylic acids is 3. The Morgan fingerprint density at radius 2 is 1.69 bits per heavy atom. The SMILES string of the molecule is CCOC(=O)N1CCN(C(=O)[C@@H]2CC23CCN(C(=O)Cc2csc(-c4ccccc4)n2)CC3)CC1. The van der Waals surface area contributed by atoms with E-state index in [2.05, 4.69) is 4.98 Å². The minimum Gasteiger partial charge on any atom is -0.450 e. The summed E-state index contributed by atoms with van der Waals surface area (Å²) in [4.78, 5) is 48.1. The molecule has 1 saturated carbocycles. The molecule has 1 aromatic carbocycles. The number of nitrogens with zero attached hydrogens (tertiary/aromatic N) is 4. The van der Waals surface area contributed by atoms with Gasteiger partial charge in [-0.15, -0.1) is 11.3 Å². The predicted octanol–water partition coefficient (Wildman–Crippen LogP) is 3.28. The van der Waals surface area contributed by atoms with Crippen LogP contribution in [0, 0.1) is 11.3 Å². The summed E-state index contributed by atoms with van der Waals surface area (Å²) in [6.45, 7) is 5.74. The highest BCUT2D eigenvalue weighted by Gasteiger charge is 2.59. The summed E-state index contributed by atoms with van der Waals surface area (Å²) < 4.78 is 5.06. The van der Waals surface area contributed by atoms with Gasteiger partial charge in [-0.1, -0.05) is 30.3 Å². The Morgan fingerprint density at radius 3 is 2.37 bits per heavy atom. The molecule has 35 heavy (non-hydrogen) atoms. The third kappa shape index (κ3) is 5.05. The minimum atomic E-state index is -0.298. The van der Waals surface area contributed by atoms with E-state index in [0.717, 1.165) is 35.5 Å². The molecular formula is C26H32N4O4S. The Labute approximate surface area is 209 Å². The quantitative estimate of drug-likeness (QED) is 0.635. The first kappa shape index (κ1) is 23.8. The molecule has 1 aromatic heterocycles. The highest BCUT2D eigenvalue weighted by atomic mass is 32.1. The highest BCUT2D eigenvalue weighted by molar-refractivity contribution is 7.13. The molecule has 3 heterocycles. The second-order valence-corrected chi connectivity index (χ2v) is 10.6. The molecule has 3 aliphatic rings. The van der Waals surface area contributed by atoms with Crippen molar-refractivity contribution in [2.45, 2.75) is 32.6 Å². The normalized spacial score (nSPS) is 21.2. The van der Waals surface area contributed by atoms with Gasteiger partial charge in [0.05, 0.1) is 18.7 Å². The van der Waals surface area contributed by atoms with E-state index in [1.54, 1.807) is 23.2 Å². The van der Waals surface area contributed by atoms with Crippen molar-refractivity contribution in [3.05, 3.63) is 41.4 Å². The van der Waals surface area contributed by atoms with Gasteiger partial charge < -0.3 is 19.4 Å². The molecule has 2 aromatic rings. The molecule has 5 rings (SSSR count). The predicted molar refractivity (Wildman–Crippen MR) is 133 cm³/mol. The van der Waals surface area contributed by atoms with Crippen molar-refractivity contribution >= 4 is 29.2 Å². The van der Waals surface area contributed by atoms with Gasteiger partial charge in [0.25, 0.3) is 0 Å². The summed E-state index contributed by atoms with van der Waals surface area (Å²) in [5, 5.41) is 2.91. The second-order valence-electron chi connectivity index (χ2n) is 9.70. The van der Waals surface area contributed by atoms with Crippen molar-refractivity contribution < 1.29 is 19.1 Å². The lowest BCUT2D eigenvalue weighted by Gasteiger charge is -2.36. The zero-order valence-corrected chi connectivity index (χ0v) is 21.0. The van der Waals surface area contributed by atoms with Gasteiger partial charge in [-0.05, 0) is 31.6 Å². The first-order chi connectivity index (χ1) is 17.0. The van der Waals surface area contributed by atoms with Crippen molar-refractivity contribution in [3.63, 3.8) is 0 Å². The van der Waals surface area contributed by atoms with Crippen LogP contribution in [0.25, 0.3) is 10.6 Å². The van der Waals surface area contributed by atoms with Gasteiger partial charge in [0.1, 0.15) is 5.01 Å². The van der Waals surface area contributed by atoms with Gasteiger partial charge in [0, 0.05) is 56.1 Å². The molecule has 0 unspecified atom stereocenters. The average molecular weight is 497 g/mol. The molecule has 0 bridgehead atoms. The molecule has 186 valence electrons. The Hall–Kier alpha value is -2.94. The third-order valence-corrected chi connectivity index (χ3v) is 8.56. The first-order valence-corrected chi connectivity index (χ1v) is 13.3. The number of hydrogen-bond acceptors (Lipinski definition) is 6. The molecule has 9 heteroatoms. The second kappa shape index (κ2) is 9.97. The third-order valence-electron chi connectivity index (χ3n) is 7.62. The average Bonchev–Trinajstić information content (AvgIpc) is 3.37. The number of piperazine rings is 1. The van der Waals surface area contributed by atoms with Crippen LogP contribution in [0.5, 0.6) is 0 Å². The number of rotatable bonds is 5. The maximum atomic E-state index is 13.1. The molecule has 2 saturated heterocycles. The Kier molecular flexibility index (Phi) is 6.77. The van der Waals surface area contributed by atoms with E-state index in [1.165, 1.54) is 0 Å². The number of ether oxygens (including phenoxy) is 1. The molecule has 8 nitrogen and oxygen atoms in total. The molecule has 0 radical (unpaired) electrons. The molecule has 2 aliphatic heterocycles. The molecular weight excluding hydrogens is 464 g/mol. The van der Waals surface area contributed by atoms with Crippen LogP contribution in [-0.2, 0) is 20.7 Å². The molecule has 1 spiro atoms. The van der Waals surface area contributed by atoms with Crippen LogP contribution in [-0.4, -0.2) is 83.5 Å². The number of hydrogen-bond donors (Lipinski definition) is 0. The molecule has 3 fully saturated rings. The monoisotopic (exact) mass is 496 g/mol. The molecule has 0 N–H and O–H groups in total. The van der Waals surface area contributed by atoms with E-state index in [-0.39, 0.29) is 29.2 Å². The number of benzene rings is 1. The summed E-state index contributed by atoms with van der Waals surface area (Å²) in [5.41, 5.74) is 1.94. The van der Waals surface area contributed by atoms with Crippen LogP contribution in [0.3, 0.4) is 0 Å². The number of likely N-dealkylation sites (tertiary alicyclic amines) is 1. The number of aromatic nitrogens is 1. The molecule has 1 aliphatic carbocycles. The fraction of sp³-hybridized carbons (Fsp3) is 0.538. The van der Waals surface area contributed by atoms with Crippen LogP contribution >= 0.6 is 11.3 Å². The van der Waals surface area contributed by atoms with Gasteiger partial charge in [-0.25, -0.2) is 9.78 Å². The van der Waals surface area contributed by atoms with E-state index in [4.69, 9.17) is 4.74 Å². The van der Waals surface area contributed by atoms with Gasteiger partial charge in [0.2, 0.25) is 11.8 Å². The maximum absolute atomic E-state index is 13.1. The number of amides is 3. The first-order valence-electron chi connectivity index (χ1n) is 12.5. The number of carbonyl (C=O) groups is 3. The van der Waals surface area contributed by atoms with Crippen LogP contribution in [0.15, 0.2) is 35.7 Å². The van der Waals surface area contributed by atoms with Gasteiger partial charge in [-0.3, -0.25) is 9.59 Å². The summed E-state index contributed by atoms with van der Waals surface area (Å²) >= 11 is 1.57. The van der Waals surface area contributed by atoms with Crippen LogP contribution in [0.1, 0.15) is 31.9 Å². The van der Waals surface area contributed by atoms with Gasteiger partial charge >= 0.3 is 6.09 Å². The van der Waals surface area contributed by atoms with E-state index in [0.29, 0.717) is 52.3 Å². The summed E-state index contributed by atoms with van der Waals surface area (Å²) in [5.74, 6) is 0.383. The fourth-order valence-corrected chi connectivity index (χ4v) is 6.19.